The molecule has 0 unspecified atom stereocenters. The van der Waals surface area contributed by atoms with Crippen molar-refractivity contribution in [2.24, 2.45) is 0 Å². The van der Waals surface area contributed by atoms with E-state index in [-0.39, 0.29) is 27.9 Å². The average Bonchev–Trinajstić information content (AvgIpc) is 2.79. The Morgan fingerprint density at radius 2 is 2.35 bits per heavy atom. The molecule has 0 atom stereocenters. The quantitative estimate of drug-likeness (QED) is 0.815. The summed E-state index contributed by atoms with van der Waals surface area (Å²) < 4.78 is 20.2. The predicted molar refractivity (Wildman–Crippen MR) is 76.4 cm³/mol. The third-order valence-electron chi connectivity index (χ3n) is 2.43. The van der Waals surface area contributed by atoms with Crippen LogP contribution >= 0.6 is 22.9 Å². The zero-order valence-corrected chi connectivity index (χ0v) is 12.1. The van der Waals surface area contributed by atoms with Gasteiger partial charge in [0.25, 0.3) is 0 Å². The van der Waals surface area contributed by atoms with Crippen molar-refractivity contribution in [3.63, 3.8) is 0 Å². The van der Waals surface area contributed by atoms with Crippen LogP contribution in [-0.4, -0.2) is 16.4 Å². The summed E-state index contributed by atoms with van der Waals surface area (Å²) in [5.74, 6) is 1.84. The number of ether oxygens (including phenoxy) is 1. The second-order valence-electron chi connectivity index (χ2n) is 3.75. The Bertz CT molecular complexity index is 733. The first-order chi connectivity index (χ1) is 9.56. The van der Waals surface area contributed by atoms with Gasteiger partial charge in [-0.15, -0.1) is 6.42 Å². The molecule has 1 aromatic heterocycles. The third kappa shape index (κ3) is 2.84. The first-order valence-electron chi connectivity index (χ1n) is 5.71. The molecule has 104 valence electrons. The summed E-state index contributed by atoms with van der Waals surface area (Å²) in [5, 5.41) is 4.76. The lowest BCUT2D eigenvalue weighted by Crippen LogP contribution is -2.14. The molecule has 1 aromatic carbocycles. The summed E-state index contributed by atoms with van der Waals surface area (Å²) in [6.07, 6.45) is 5.69. The third-order valence-corrected chi connectivity index (χ3v) is 3.68. The lowest BCUT2D eigenvalue weighted by atomic mass is 10.3. The summed E-state index contributed by atoms with van der Waals surface area (Å²) in [6.45, 7) is 1.86. The van der Waals surface area contributed by atoms with E-state index in [0.29, 0.717) is 11.4 Å². The number of aryl methyl sites for hydroxylation is 1. The zero-order valence-electron chi connectivity index (χ0n) is 10.5. The Hall–Kier alpha value is -1.84. The molecule has 4 nitrogen and oxygen atoms in total. The molecule has 0 amide bonds. The molecule has 0 radical (unpaired) electrons. The number of halogens is 2. The average molecular weight is 313 g/mol. The van der Waals surface area contributed by atoms with Gasteiger partial charge in [-0.25, -0.2) is 4.39 Å². The van der Waals surface area contributed by atoms with Crippen LogP contribution in [0.5, 0.6) is 5.75 Å². The number of nitrogens with zero attached hydrogens (tertiary/aromatic N) is 2. The SMILES string of the molecule is C#CCOc1cc(-n2nc(CC)sc2=O)c(F)cc1Cl. The van der Waals surface area contributed by atoms with Gasteiger partial charge in [0.1, 0.15) is 23.1 Å². The molecule has 0 spiro atoms. The van der Waals surface area contributed by atoms with Crippen LogP contribution in [0.2, 0.25) is 5.02 Å². The van der Waals surface area contributed by atoms with E-state index < -0.39 is 5.82 Å². The Morgan fingerprint density at radius 3 is 2.95 bits per heavy atom. The summed E-state index contributed by atoms with van der Waals surface area (Å²) in [5.41, 5.74) is -0.0117. The van der Waals surface area contributed by atoms with E-state index in [0.717, 1.165) is 22.1 Å². The summed E-state index contributed by atoms with van der Waals surface area (Å²) in [7, 11) is 0. The fourth-order valence-electron chi connectivity index (χ4n) is 1.52. The van der Waals surface area contributed by atoms with Crippen LogP contribution < -0.4 is 9.61 Å². The maximum atomic E-state index is 14.0. The molecule has 0 fully saturated rings. The van der Waals surface area contributed by atoms with Gasteiger partial charge in [0.15, 0.2) is 5.82 Å². The summed E-state index contributed by atoms with van der Waals surface area (Å²) in [6, 6.07) is 2.38. The second-order valence-corrected chi connectivity index (χ2v) is 5.19. The van der Waals surface area contributed by atoms with E-state index >= 15 is 0 Å². The summed E-state index contributed by atoms with van der Waals surface area (Å²) >= 11 is 6.83. The van der Waals surface area contributed by atoms with Crippen LogP contribution in [0.4, 0.5) is 4.39 Å². The highest BCUT2D eigenvalue weighted by Gasteiger charge is 2.15. The smallest absolute Gasteiger partial charge is 0.329 e. The molecule has 20 heavy (non-hydrogen) atoms. The molecule has 2 rings (SSSR count). The van der Waals surface area contributed by atoms with Gasteiger partial charge in [0, 0.05) is 6.07 Å². The first-order valence-corrected chi connectivity index (χ1v) is 6.91. The Labute approximate surface area is 123 Å². The van der Waals surface area contributed by atoms with Gasteiger partial charge in [0.2, 0.25) is 0 Å². The van der Waals surface area contributed by atoms with E-state index in [1.165, 1.54) is 6.07 Å². The molecule has 0 bridgehead atoms. The van der Waals surface area contributed by atoms with Crippen molar-refractivity contribution < 1.29 is 9.13 Å². The second kappa shape index (κ2) is 6.07. The maximum Gasteiger partial charge on any atom is 0.329 e. The number of terminal acetylenes is 1. The van der Waals surface area contributed by atoms with E-state index in [1.807, 2.05) is 6.92 Å². The van der Waals surface area contributed by atoms with E-state index in [1.54, 1.807) is 0 Å². The molecule has 2 aromatic rings. The van der Waals surface area contributed by atoms with Crippen LogP contribution in [0.1, 0.15) is 11.9 Å². The number of rotatable bonds is 4. The maximum absolute atomic E-state index is 14.0. The summed E-state index contributed by atoms with van der Waals surface area (Å²) in [4.78, 5) is 11.4. The van der Waals surface area contributed by atoms with Crippen molar-refractivity contribution in [1.82, 2.24) is 9.78 Å². The van der Waals surface area contributed by atoms with Gasteiger partial charge < -0.3 is 4.74 Å². The van der Waals surface area contributed by atoms with Crippen molar-refractivity contribution >= 4 is 22.9 Å². The van der Waals surface area contributed by atoms with Crippen LogP contribution in [0.25, 0.3) is 5.69 Å². The Kier molecular flexibility index (Phi) is 4.42. The zero-order chi connectivity index (χ0) is 14.7. The monoisotopic (exact) mass is 312 g/mol. The molecule has 0 aliphatic carbocycles. The highest BCUT2D eigenvalue weighted by atomic mass is 35.5. The van der Waals surface area contributed by atoms with Gasteiger partial charge in [-0.05, 0) is 12.5 Å². The van der Waals surface area contributed by atoms with Crippen LogP contribution in [0.3, 0.4) is 0 Å². The molecular weight excluding hydrogens is 303 g/mol. The molecule has 1 heterocycles. The van der Waals surface area contributed by atoms with E-state index in [9.17, 15) is 9.18 Å². The minimum absolute atomic E-state index is 0.00301. The van der Waals surface area contributed by atoms with Gasteiger partial charge in [-0.3, -0.25) is 4.79 Å². The van der Waals surface area contributed by atoms with Crippen LogP contribution in [-0.2, 0) is 6.42 Å². The van der Waals surface area contributed by atoms with Crippen molar-refractivity contribution in [2.75, 3.05) is 6.61 Å². The number of aromatic nitrogens is 2. The molecule has 0 saturated carbocycles. The molecular formula is C13H10ClFN2O2S. The largest absolute Gasteiger partial charge is 0.479 e. The Balaban J connectivity index is 2.53. The standard InChI is InChI=1S/C13H10ClFN2O2S/c1-3-5-19-11-7-10(9(15)6-8(11)14)17-13(18)20-12(4-2)16-17/h1,6-7H,4-5H2,2H3. The molecule has 7 heteroatoms. The number of hydrogen-bond acceptors (Lipinski definition) is 4. The van der Waals surface area contributed by atoms with Crippen LogP contribution in [0, 0.1) is 18.2 Å². The van der Waals surface area contributed by atoms with Gasteiger partial charge >= 0.3 is 4.87 Å². The van der Waals surface area contributed by atoms with Crippen LogP contribution in [0.15, 0.2) is 16.9 Å². The van der Waals surface area contributed by atoms with Gasteiger partial charge in [0.05, 0.1) is 5.02 Å². The minimum atomic E-state index is -0.655. The number of benzene rings is 1. The molecule has 0 N–H and O–H groups in total. The first kappa shape index (κ1) is 14.6. The highest BCUT2D eigenvalue weighted by Crippen LogP contribution is 2.29. The van der Waals surface area contributed by atoms with Crippen molar-refractivity contribution in [1.29, 1.82) is 0 Å². The fourth-order valence-corrected chi connectivity index (χ4v) is 2.42. The topological polar surface area (TPSA) is 44.1 Å². The molecule has 0 aliphatic heterocycles. The lowest BCUT2D eigenvalue weighted by molar-refractivity contribution is 0.369. The molecule has 0 saturated heterocycles. The van der Waals surface area contributed by atoms with Gasteiger partial charge in [-0.2, -0.15) is 9.78 Å². The number of hydrogen-bond donors (Lipinski definition) is 0. The van der Waals surface area contributed by atoms with E-state index in [4.69, 9.17) is 22.8 Å². The fraction of sp³-hybridized carbons (Fsp3) is 0.231. The van der Waals surface area contributed by atoms with Crippen molar-refractivity contribution in [3.05, 3.63) is 37.6 Å². The molecule has 0 aliphatic rings. The Morgan fingerprint density at radius 1 is 1.60 bits per heavy atom. The lowest BCUT2D eigenvalue weighted by Gasteiger charge is -2.08. The van der Waals surface area contributed by atoms with Gasteiger partial charge in [-0.1, -0.05) is 35.8 Å². The highest BCUT2D eigenvalue weighted by molar-refractivity contribution is 7.08. The predicted octanol–water partition coefficient (Wildman–Crippen LogP) is 2.66. The van der Waals surface area contributed by atoms with Crippen molar-refractivity contribution in [3.8, 4) is 23.8 Å². The van der Waals surface area contributed by atoms with Crippen molar-refractivity contribution in [2.45, 2.75) is 13.3 Å². The van der Waals surface area contributed by atoms with E-state index in [2.05, 4.69) is 11.0 Å². The normalized spacial score (nSPS) is 10.3. The minimum Gasteiger partial charge on any atom is -0.479 e.